The number of ether oxygens (including phenoxy) is 2. The summed E-state index contributed by atoms with van der Waals surface area (Å²) >= 11 is 0. The second-order valence-corrected chi connectivity index (χ2v) is 4.85. The minimum absolute atomic E-state index is 0.166. The van der Waals surface area contributed by atoms with E-state index >= 15 is 0 Å². The average molecular weight is 272 g/mol. The molecule has 0 aliphatic heterocycles. The van der Waals surface area contributed by atoms with Crippen LogP contribution in [-0.4, -0.2) is 25.2 Å². The molecule has 112 valence electrons. The first-order valence-electron chi connectivity index (χ1n) is 7.40. The molecule has 0 N–H and O–H groups in total. The standard InChI is InChI=1S/C15H28O4/c1-4-6-7-8-9-11-13(12-15(17)18-3)19-14(16)10-5-2/h13H,4-12H2,1-3H3. The van der Waals surface area contributed by atoms with E-state index < -0.39 is 0 Å². The van der Waals surface area contributed by atoms with Gasteiger partial charge in [0, 0.05) is 6.42 Å². The molecule has 0 saturated carbocycles. The first-order valence-corrected chi connectivity index (χ1v) is 7.40. The predicted octanol–water partition coefficient (Wildman–Crippen LogP) is 3.62. The Bertz CT molecular complexity index is 251. The van der Waals surface area contributed by atoms with Gasteiger partial charge in [-0.05, 0) is 19.3 Å². The molecule has 0 aliphatic carbocycles. The molecule has 0 heterocycles. The smallest absolute Gasteiger partial charge is 0.309 e. The monoisotopic (exact) mass is 272 g/mol. The van der Waals surface area contributed by atoms with Gasteiger partial charge < -0.3 is 9.47 Å². The highest BCUT2D eigenvalue weighted by molar-refractivity contribution is 5.72. The lowest BCUT2D eigenvalue weighted by molar-refractivity contribution is -0.154. The molecule has 19 heavy (non-hydrogen) atoms. The zero-order chi connectivity index (χ0) is 14.5. The Morgan fingerprint density at radius 3 is 2.21 bits per heavy atom. The van der Waals surface area contributed by atoms with E-state index in [1.54, 1.807) is 0 Å². The second-order valence-electron chi connectivity index (χ2n) is 4.85. The summed E-state index contributed by atoms with van der Waals surface area (Å²) in [6, 6.07) is 0. The molecule has 0 bridgehead atoms. The van der Waals surface area contributed by atoms with Gasteiger partial charge in [-0.1, -0.05) is 39.5 Å². The van der Waals surface area contributed by atoms with E-state index in [0.717, 1.165) is 25.7 Å². The number of hydrogen-bond donors (Lipinski definition) is 0. The number of carbonyl (C=O) groups excluding carboxylic acids is 2. The Balaban J connectivity index is 4.03. The van der Waals surface area contributed by atoms with Crippen LogP contribution in [0.2, 0.25) is 0 Å². The van der Waals surface area contributed by atoms with E-state index in [0.29, 0.717) is 6.42 Å². The van der Waals surface area contributed by atoms with Gasteiger partial charge in [-0.15, -0.1) is 0 Å². The third-order valence-electron chi connectivity index (χ3n) is 3.00. The minimum Gasteiger partial charge on any atom is -0.469 e. The van der Waals surface area contributed by atoms with Crippen molar-refractivity contribution in [2.24, 2.45) is 0 Å². The Morgan fingerprint density at radius 2 is 1.63 bits per heavy atom. The summed E-state index contributed by atoms with van der Waals surface area (Å²) in [5.41, 5.74) is 0. The summed E-state index contributed by atoms with van der Waals surface area (Å²) in [7, 11) is 1.36. The first kappa shape index (κ1) is 17.9. The van der Waals surface area contributed by atoms with Gasteiger partial charge in [0.2, 0.25) is 0 Å². The Hall–Kier alpha value is -1.06. The van der Waals surface area contributed by atoms with Crippen molar-refractivity contribution in [1.29, 1.82) is 0 Å². The van der Waals surface area contributed by atoms with Crippen molar-refractivity contribution in [2.45, 2.75) is 77.7 Å². The van der Waals surface area contributed by atoms with Gasteiger partial charge in [-0.25, -0.2) is 0 Å². The Morgan fingerprint density at radius 1 is 0.947 bits per heavy atom. The molecule has 0 rings (SSSR count). The van der Waals surface area contributed by atoms with E-state index in [4.69, 9.17) is 4.74 Å². The highest BCUT2D eigenvalue weighted by Crippen LogP contribution is 2.14. The van der Waals surface area contributed by atoms with Crippen LogP contribution < -0.4 is 0 Å². The molecule has 1 unspecified atom stereocenters. The molecule has 0 aromatic rings. The van der Waals surface area contributed by atoms with E-state index in [1.165, 1.54) is 26.4 Å². The molecule has 4 nitrogen and oxygen atoms in total. The zero-order valence-electron chi connectivity index (χ0n) is 12.6. The predicted molar refractivity (Wildman–Crippen MR) is 74.8 cm³/mol. The van der Waals surface area contributed by atoms with E-state index in [9.17, 15) is 9.59 Å². The summed E-state index contributed by atoms with van der Waals surface area (Å²) in [6.07, 6.45) is 7.51. The number of rotatable bonds is 11. The summed E-state index contributed by atoms with van der Waals surface area (Å²) in [6.45, 7) is 4.11. The van der Waals surface area contributed by atoms with Gasteiger partial charge in [0.15, 0.2) is 0 Å². The molecule has 4 heteroatoms. The molecule has 0 aromatic heterocycles. The van der Waals surface area contributed by atoms with Gasteiger partial charge in [-0.2, -0.15) is 0 Å². The van der Waals surface area contributed by atoms with Crippen molar-refractivity contribution >= 4 is 11.9 Å². The van der Waals surface area contributed by atoms with Gasteiger partial charge in [-0.3, -0.25) is 9.59 Å². The fraction of sp³-hybridized carbons (Fsp3) is 0.867. The normalized spacial score (nSPS) is 11.9. The fourth-order valence-electron chi connectivity index (χ4n) is 1.90. The topological polar surface area (TPSA) is 52.6 Å². The highest BCUT2D eigenvalue weighted by Gasteiger charge is 2.18. The molecular formula is C15H28O4. The number of unbranched alkanes of at least 4 members (excludes halogenated alkanes) is 4. The Labute approximate surface area is 116 Å². The maximum atomic E-state index is 11.5. The quantitative estimate of drug-likeness (QED) is 0.426. The molecule has 0 aliphatic rings. The third-order valence-corrected chi connectivity index (χ3v) is 3.00. The zero-order valence-corrected chi connectivity index (χ0v) is 12.6. The van der Waals surface area contributed by atoms with E-state index in [1.807, 2.05) is 6.92 Å². The van der Waals surface area contributed by atoms with Crippen molar-refractivity contribution < 1.29 is 19.1 Å². The van der Waals surface area contributed by atoms with Crippen LogP contribution >= 0.6 is 0 Å². The fourth-order valence-corrected chi connectivity index (χ4v) is 1.90. The summed E-state index contributed by atoms with van der Waals surface area (Å²) in [5.74, 6) is -0.534. The molecule has 0 aromatic carbocycles. The van der Waals surface area contributed by atoms with Crippen molar-refractivity contribution in [2.75, 3.05) is 7.11 Å². The average Bonchev–Trinajstić information content (AvgIpc) is 2.38. The van der Waals surface area contributed by atoms with Crippen molar-refractivity contribution in [3.05, 3.63) is 0 Å². The lowest BCUT2D eigenvalue weighted by atomic mass is 10.1. The second kappa shape index (κ2) is 12.0. The van der Waals surface area contributed by atoms with Crippen molar-refractivity contribution in [3.8, 4) is 0 Å². The van der Waals surface area contributed by atoms with Crippen LogP contribution in [0.25, 0.3) is 0 Å². The van der Waals surface area contributed by atoms with Gasteiger partial charge in [0.25, 0.3) is 0 Å². The van der Waals surface area contributed by atoms with Crippen LogP contribution in [0.4, 0.5) is 0 Å². The molecule has 0 amide bonds. The molecule has 0 spiro atoms. The molecule has 0 fully saturated rings. The molecular weight excluding hydrogens is 244 g/mol. The number of esters is 2. The SMILES string of the molecule is CCCCCCCC(CC(=O)OC)OC(=O)CCC. The first-order chi connectivity index (χ1) is 9.13. The lowest BCUT2D eigenvalue weighted by Crippen LogP contribution is -2.22. The summed E-state index contributed by atoms with van der Waals surface area (Å²) < 4.78 is 9.97. The van der Waals surface area contributed by atoms with Crippen LogP contribution in [-0.2, 0) is 19.1 Å². The van der Waals surface area contributed by atoms with Crippen LogP contribution in [0.3, 0.4) is 0 Å². The third kappa shape index (κ3) is 10.5. The van der Waals surface area contributed by atoms with Crippen molar-refractivity contribution in [3.63, 3.8) is 0 Å². The number of carbonyl (C=O) groups is 2. The maximum absolute atomic E-state index is 11.5. The molecule has 0 radical (unpaired) electrons. The van der Waals surface area contributed by atoms with Gasteiger partial charge in [0.1, 0.15) is 6.10 Å². The van der Waals surface area contributed by atoms with Crippen LogP contribution in [0, 0.1) is 0 Å². The number of hydrogen-bond acceptors (Lipinski definition) is 4. The van der Waals surface area contributed by atoms with Gasteiger partial charge in [0.05, 0.1) is 13.5 Å². The number of methoxy groups -OCH3 is 1. The van der Waals surface area contributed by atoms with Crippen LogP contribution in [0.1, 0.15) is 71.6 Å². The van der Waals surface area contributed by atoms with Crippen molar-refractivity contribution in [1.82, 2.24) is 0 Å². The molecule has 0 saturated heterocycles. The van der Waals surface area contributed by atoms with E-state index in [-0.39, 0.29) is 24.5 Å². The highest BCUT2D eigenvalue weighted by atomic mass is 16.6. The summed E-state index contributed by atoms with van der Waals surface area (Å²) in [5, 5.41) is 0. The Kier molecular flexibility index (Phi) is 11.3. The molecule has 1 atom stereocenters. The maximum Gasteiger partial charge on any atom is 0.309 e. The van der Waals surface area contributed by atoms with Crippen LogP contribution in [0.15, 0.2) is 0 Å². The largest absolute Gasteiger partial charge is 0.469 e. The van der Waals surface area contributed by atoms with Gasteiger partial charge >= 0.3 is 11.9 Å². The lowest BCUT2D eigenvalue weighted by Gasteiger charge is -2.16. The van der Waals surface area contributed by atoms with Crippen LogP contribution in [0.5, 0.6) is 0 Å². The van der Waals surface area contributed by atoms with E-state index in [2.05, 4.69) is 11.7 Å². The minimum atomic E-state index is -0.326. The summed E-state index contributed by atoms with van der Waals surface area (Å²) in [4.78, 5) is 22.8.